The second kappa shape index (κ2) is 6.11. The standard InChI is InChI=1S/C17H17N3O4S/c1-2-14-18-12-4-3-10(7-13(12)25-14)16(22)19-6-5-11(8-19)20-15(21)9-24-17(20)23/h3-4,7,11H,2,5-6,8-9H2,1H3. The summed E-state index contributed by atoms with van der Waals surface area (Å²) < 4.78 is 5.76. The summed E-state index contributed by atoms with van der Waals surface area (Å²) >= 11 is 1.60. The lowest BCUT2D eigenvalue weighted by molar-refractivity contribution is -0.127. The summed E-state index contributed by atoms with van der Waals surface area (Å²) in [7, 11) is 0. The van der Waals surface area contributed by atoms with Gasteiger partial charge in [0.2, 0.25) is 0 Å². The molecule has 0 N–H and O–H groups in total. The summed E-state index contributed by atoms with van der Waals surface area (Å²) in [6, 6.07) is 5.22. The molecule has 8 heteroatoms. The maximum Gasteiger partial charge on any atom is 0.417 e. The van der Waals surface area contributed by atoms with Gasteiger partial charge >= 0.3 is 6.09 Å². The number of cyclic esters (lactones) is 1. The second-order valence-electron chi connectivity index (χ2n) is 6.16. The van der Waals surface area contributed by atoms with Crippen LogP contribution in [-0.2, 0) is 16.0 Å². The number of likely N-dealkylation sites (tertiary alicyclic amines) is 1. The summed E-state index contributed by atoms with van der Waals surface area (Å²) in [6.07, 6.45) is 0.841. The third-order valence-electron chi connectivity index (χ3n) is 4.58. The first-order valence-electron chi connectivity index (χ1n) is 8.24. The second-order valence-corrected chi connectivity index (χ2v) is 7.27. The van der Waals surface area contributed by atoms with E-state index in [1.807, 2.05) is 12.1 Å². The van der Waals surface area contributed by atoms with Crippen LogP contribution < -0.4 is 0 Å². The zero-order valence-electron chi connectivity index (χ0n) is 13.7. The predicted molar refractivity (Wildman–Crippen MR) is 91.5 cm³/mol. The molecule has 0 aliphatic carbocycles. The van der Waals surface area contributed by atoms with E-state index in [1.54, 1.807) is 22.3 Å². The fourth-order valence-corrected chi connectivity index (χ4v) is 4.24. The first-order valence-corrected chi connectivity index (χ1v) is 9.06. The van der Waals surface area contributed by atoms with Gasteiger partial charge in [-0.2, -0.15) is 0 Å². The third kappa shape index (κ3) is 2.76. The van der Waals surface area contributed by atoms with Crippen molar-refractivity contribution < 1.29 is 19.1 Å². The number of aryl methyl sites for hydroxylation is 1. The minimum absolute atomic E-state index is 0.0872. The van der Waals surface area contributed by atoms with Crippen molar-refractivity contribution in [2.75, 3.05) is 19.7 Å². The molecule has 0 spiro atoms. The van der Waals surface area contributed by atoms with E-state index >= 15 is 0 Å². The zero-order chi connectivity index (χ0) is 17.6. The number of nitrogens with zero attached hydrogens (tertiary/aromatic N) is 3. The van der Waals surface area contributed by atoms with Gasteiger partial charge < -0.3 is 9.64 Å². The summed E-state index contributed by atoms with van der Waals surface area (Å²) in [5.41, 5.74) is 1.51. The minimum Gasteiger partial charge on any atom is -0.439 e. The number of carbonyl (C=O) groups is 3. The van der Waals surface area contributed by atoms with Crippen molar-refractivity contribution in [2.24, 2.45) is 0 Å². The molecular weight excluding hydrogens is 342 g/mol. The van der Waals surface area contributed by atoms with Gasteiger partial charge in [-0.25, -0.2) is 14.7 Å². The molecule has 2 aliphatic rings. The van der Waals surface area contributed by atoms with Gasteiger partial charge in [0, 0.05) is 18.7 Å². The summed E-state index contributed by atoms with van der Waals surface area (Å²) in [5.74, 6) is -0.418. The largest absolute Gasteiger partial charge is 0.439 e. The molecular formula is C17H17N3O4S. The Morgan fingerprint density at radius 3 is 2.96 bits per heavy atom. The summed E-state index contributed by atoms with van der Waals surface area (Å²) in [4.78, 5) is 43.6. The molecule has 4 rings (SSSR count). The number of ether oxygens (including phenoxy) is 1. The maximum atomic E-state index is 12.8. The fraction of sp³-hybridized carbons (Fsp3) is 0.412. The van der Waals surface area contributed by atoms with E-state index in [2.05, 4.69) is 11.9 Å². The van der Waals surface area contributed by atoms with E-state index in [1.165, 1.54) is 0 Å². The van der Waals surface area contributed by atoms with Gasteiger partial charge in [0.1, 0.15) is 0 Å². The molecule has 0 bridgehead atoms. The average Bonchev–Trinajstić information content (AvgIpc) is 3.31. The molecule has 0 radical (unpaired) electrons. The number of hydrogen-bond donors (Lipinski definition) is 0. The van der Waals surface area contributed by atoms with Crippen LogP contribution in [0.2, 0.25) is 0 Å². The number of imide groups is 1. The monoisotopic (exact) mass is 359 g/mol. The van der Waals surface area contributed by atoms with Gasteiger partial charge in [-0.15, -0.1) is 11.3 Å². The van der Waals surface area contributed by atoms with E-state index in [-0.39, 0.29) is 24.5 Å². The zero-order valence-corrected chi connectivity index (χ0v) is 14.5. The van der Waals surface area contributed by atoms with Gasteiger partial charge in [0.25, 0.3) is 11.8 Å². The number of hydrogen-bond acceptors (Lipinski definition) is 6. The number of carbonyl (C=O) groups excluding carboxylic acids is 3. The van der Waals surface area contributed by atoms with Crippen LogP contribution in [0.1, 0.15) is 28.7 Å². The van der Waals surface area contributed by atoms with Gasteiger partial charge in [0.05, 0.1) is 21.3 Å². The molecule has 2 saturated heterocycles. The maximum absolute atomic E-state index is 12.8. The van der Waals surface area contributed by atoms with Crippen LogP contribution in [-0.4, -0.2) is 58.4 Å². The quantitative estimate of drug-likeness (QED) is 0.838. The van der Waals surface area contributed by atoms with Crippen molar-refractivity contribution in [1.82, 2.24) is 14.8 Å². The fourth-order valence-electron chi connectivity index (χ4n) is 3.29. The molecule has 2 fully saturated rings. The van der Waals surface area contributed by atoms with Crippen molar-refractivity contribution in [1.29, 1.82) is 0 Å². The number of thiazole rings is 1. The van der Waals surface area contributed by atoms with Gasteiger partial charge in [-0.3, -0.25) is 9.59 Å². The van der Waals surface area contributed by atoms with Gasteiger partial charge in [-0.05, 0) is 31.0 Å². The molecule has 3 heterocycles. The molecule has 2 aromatic rings. The smallest absolute Gasteiger partial charge is 0.417 e. The normalized spacial score (nSPS) is 20.6. The Balaban J connectivity index is 1.51. The summed E-state index contributed by atoms with van der Waals surface area (Å²) in [6.45, 7) is 2.71. The minimum atomic E-state index is -0.609. The number of amides is 3. The van der Waals surface area contributed by atoms with Crippen LogP contribution in [0.15, 0.2) is 18.2 Å². The van der Waals surface area contributed by atoms with E-state index in [0.29, 0.717) is 25.1 Å². The molecule has 1 unspecified atom stereocenters. The Morgan fingerprint density at radius 2 is 2.24 bits per heavy atom. The predicted octanol–water partition coefficient (Wildman–Crippen LogP) is 2.05. The van der Waals surface area contributed by atoms with Crippen molar-refractivity contribution in [3.05, 3.63) is 28.8 Å². The number of benzene rings is 1. The Bertz CT molecular complexity index is 862. The van der Waals surface area contributed by atoms with Crippen molar-refractivity contribution in [2.45, 2.75) is 25.8 Å². The molecule has 130 valence electrons. The highest BCUT2D eigenvalue weighted by Crippen LogP contribution is 2.26. The van der Waals surface area contributed by atoms with Crippen LogP contribution in [0, 0.1) is 0 Å². The third-order valence-corrected chi connectivity index (χ3v) is 5.74. The lowest BCUT2D eigenvalue weighted by atomic mass is 10.2. The Kier molecular flexibility index (Phi) is 3.91. The lowest BCUT2D eigenvalue weighted by Gasteiger charge is -2.20. The molecule has 3 amide bonds. The first kappa shape index (κ1) is 16.0. The van der Waals surface area contributed by atoms with Crippen LogP contribution in [0.4, 0.5) is 4.79 Å². The highest BCUT2D eigenvalue weighted by molar-refractivity contribution is 7.18. The summed E-state index contributed by atoms with van der Waals surface area (Å²) in [5, 5.41) is 1.05. The number of aromatic nitrogens is 1. The SMILES string of the molecule is CCc1nc2ccc(C(=O)N3CCC(N4C(=O)COC4=O)C3)cc2s1. The van der Waals surface area contributed by atoms with E-state index < -0.39 is 6.09 Å². The first-order chi connectivity index (χ1) is 12.1. The molecule has 25 heavy (non-hydrogen) atoms. The van der Waals surface area contributed by atoms with E-state index in [0.717, 1.165) is 26.5 Å². The van der Waals surface area contributed by atoms with Crippen LogP contribution in [0.5, 0.6) is 0 Å². The van der Waals surface area contributed by atoms with E-state index in [9.17, 15) is 14.4 Å². The molecule has 2 aliphatic heterocycles. The number of rotatable bonds is 3. The molecule has 0 saturated carbocycles. The van der Waals surface area contributed by atoms with Crippen LogP contribution in [0.25, 0.3) is 10.2 Å². The molecule has 1 aromatic heterocycles. The molecule has 7 nitrogen and oxygen atoms in total. The molecule has 1 atom stereocenters. The Labute approximate surface area is 148 Å². The van der Waals surface area contributed by atoms with Gasteiger partial charge in [0.15, 0.2) is 6.61 Å². The van der Waals surface area contributed by atoms with Crippen molar-refractivity contribution in [3.8, 4) is 0 Å². The highest BCUT2D eigenvalue weighted by atomic mass is 32.1. The average molecular weight is 359 g/mol. The Morgan fingerprint density at radius 1 is 1.40 bits per heavy atom. The van der Waals surface area contributed by atoms with Gasteiger partial charge in [-0.1, -0.05) is 6.92 Å². The highest BCUT2D eigenvalue weighted by Gasteiger charge is 2.41. The van der Waals surface area contributed by atoms with Crippen LogP contribution >= 0.6 is 11.3 Å². The van der Waals surface area contributed by atoms with Crippen molar-refractivity contribution >= 4 is 39.5 Å². The van der Waals surface area contributed by atoms with Crippen LogP contribution in [0.3, 0.4) is 0 Å². The topological polar surface area (TPSA) is 79.8 Å². The lowest BCUT2D eigenvalue weighted by Crippen LogP contribution is -2.42. The Hall–Kier alpha value is -2.48. The van der Waals surface area contributed by atoms with Crippen molar-refractivity contribution in [3.63, 3.8) is 0 Å². The van der Waals surface area contributed by atoms with E-state index in [4.69, 9.17) is 4.74 Å². The molecule has 1 aromatic carbocycles. The number of fused-ring (bicyclic) bond motifs is 1.